The number of aromatic nitrogens is 2. The molecule has 4 atom stereocenters. The lowest BCUT2D eigenvalue weighted by Gasteiger charge is -2.25. The van der Waals surface area contributed by atoms with Crippen molar-refractivity contribution in [1.82, 2.24) is 25.9 Å². The summed E-state index contributed by atoms with van der Waals surface area (Å²) in [6.07, 6.45) is 5.68. The molecule has 0 fully saturated rings. The maximum atomic E-state index is 13.1. The number of carbonyl (C=O) groups is 4. The Morgan fingerprint density at radius 1 is 1.12 bits per heavy atom. The summed E-state index contributed by atoms with van der Waals surface area (Å²) in [7, 11) is 0. The van der Waals surface area contributed by atoms with Gasteiger partial charge in [0.25, 0.3) is 0 Å². The first kappa shape index (κ1) is 28.8. The van der Waals surface area contributed by atoms with Gasteiger partial charge in [-0.1, -0.05) is 13.8 Å². The van der Waals surface area contributed by atoms with Crippen LogP contribution in [0.2, 0.25) is 0 Å². The molecule has 3 amide bonds. The number of nitrogens with one attached hydrogen (secondary N) is 4. The molecule has 1 aromatic heterocycles. The summed E-state index contributed by atoms with van der Waals surface area (Å²) in [5.74, 6) is -2.28. The fourth-order valence-corrected chi connectivity index (χ4v) is 3.65. The first-order valence-corrected chi connectivity index (χ1v) is 12.6. The van der Waals surface area contributed by atoms with Crippen LogP contribution in [0.4, 0.5) is 0 Å². The van der Waals surface area contributed by atoms with Crippen LogP contribution in [0, 0.1) is 5.92 Å². The predicted octanol–water partition coefficient (Wildman–Crippen LogP) is -0.452. The molecule has 0 aliphatic rings. The highest BCUT2D eigenvalue weighted by Gasteiger charge is 2.30. The van der Waals surface area contributed by atoms with Crippen molar-refractivity contribution in [3.8, 4) is 0 Å². The molecule has 0 aromatic carbocycles. The van der Waals surface area contributed by atoms with Crippen LogP contribution in [0.1, 0.15) is 32.4 Å². The zero-order chi connectivity index (χ0) is 25.0. The molecule has 0 saturated heterocycles. The molecule has 0 saturated carbocycles. The molecule has 11 nitrogen and oxygen atoms in total. The number of nitrogens with zero attached hydrogens (tertiary/aromatic N) is 1. The van der Waals surface area contributed by atoms with Gasteiger partial charge in [-0.05, 0) is 30.8 Å². The first-order valence-electron chi connectivity index (χ1n) is 10.6. The number of aliphatic carboxylic acids is 1. The highest BCUT2D eigenvalue weighted by Crippen LogP contribution is 2.08. The standard InChI is InChI=1S/C20H34N6O5S2/c1-11(2)6-14(24-17(27)13(21)4-5-33-3)18(28)25-15(7-12-8-22-10-23-12)19(29)26-16(9-32)20(30)31/h8,10-11,13-16,32H,4-7,9,21H2,1-3H3,(H,22,23)(H,24,27)(H,25,28)(H,26,29)(H,30,31). The molecule has 13 heteroatoms. The number of carbonyl (C=O) groups excluding carboxylic acids is 3. The largest absolute Gasteiger partial charge is 0.480 e. The average molecular weight is 503 g/mol. The fraction of sp³-hybridized carbons (Fsp3) is 0.650. The maximum absolute atomic E-state index is 13.1. The van der Waals surface area contributed by atoms with E-state index < -0.39 is 47.9 Å². The van der Waals surface area contributed by atoms with Gasteiger partial charge in [-0.15, -0.1) is 0 Å². The van der Waals surface area contributed by atoms with Gasteiger partial charge >= 0.3 is 5.97 Å². The van der Waals surface area contributed by atoms with E-state index in [9.17, 15) is 24.3 Å². The lowest BCUT2D eigenvalue weighted by molar-refractivity contribution is -0.141. The summed E-state index contributed by atoms with van der Waals surface area (Å²) < 4.78 is 0. The molecule has 0 radical (unpaired) electrons. The summed E-state index contributed by atoms with van der Waals surface area (Å²) >= 11 is 5.51. The predicted molar refractivity (Wildman–Crippen MR) is 130 cm³/mol. The second kappa shape index (κ2) is 14.8. The van der Waals surface area contributed by atoms with Gasteiger partial charge < -0.3 is 31.8 Å². The van der Waals surface area contributed by atoms with Crippen molar-refractivity contribution in [2.75, 3.05) is 17.8 Å². The number of amides is 3. The Balaban J connectivity index is 2.99. The van der Waals surface area contributed by atoms with Crippen molar-refractivity contribution in [3.63, 3.8) is 0 Å². The van der Waals surface area contributed by atoms with Crippen molar-refractivity contribution in [1.29, 1.82) is 0 Å². The number of rotatable bonds is 15. The van der Waals surface area contributed by atoms with E-state index in [4.69, 9.17) is 5.73 Å². The van der Waals surface area contributed by atoms with E-state index in [1.54, 1.807) is 11.8 Å². The molecule has 7 N–H and O–H groups in total. The van der Waals surface area contributed by atoms with E-state index in [1.165, 1.54) is 12.5 Å². The molecule has 4 unspecified atom stereocenters. The van der Waals surface area contributed by atoms with Gasteiger partial charge in [-0.2, -0.15) is 24.4 Å². The fourth-order valence-electron chi connectivity index (χ4n) is 2.91. The molecule has 186 valence electrons. The highest BCUT2D eigenvalue weighted by molar-refractivity contribution is 7.98. The average Bonchev–Trinajstić information content (AvgIpc) is 3.27. The van der Waals surface area contributed by atoms with Gasteiger partial charge in [-0.3, -0.25) is 14.4 Å². The van der Waals surface area contributed by atoms with Crippen LogP contribution in [0.15, 0.2) is 12.5 Å². The minimum atomic E-state index is -1.24. The zero-order valence-electron chi connectivity index (χ0n) is 19.0. The summed E-state index contributed by atoms with van der Waals surface area (Å²) in [5, 5.41) is 16.9. The summed E-state index contributed by atoms with van der Waals surface area (Å²) in [6, 6.07) is -3.98. The number of H-pyrrole nitrogens is 1. The van der Waals surface area contributed by atoms with Gasteiger partial charge in [0.05, 0.1) is 12.4 Å². The smallest absolute Gasteiger partial charge is 0.327 e. The Hall–Kier alpha value is -2.25. The number of aromatic amines is 1. The molecule has 1 aromatic rings. The van der Waals surface area contributed by atoms with Crippen molar-refractivity contribution in [3.05, 3.63) is 18.2 Å². The third-order valence-electron chi connectivity index (χ3n) is 4.72. The SMILES string of the molecule is CSCCC(N)C(=O)NC(CC(C)C)C(=O)NC(Cc1cnc[nH]1)C(=O)NC(CS)C(=O)O. The van der Waals surface area contributed by atoms with Crippen LogP contribution in [0.25, 0.3) is 0 Å². The molecule has 0 spiro atoms. The third-order valence-corrected chi connectivity index (χ3v) is 5.73. The van der Waals surface area contributed by atoms with E-state index in [2.05, 4.69) is 38.5 Å². The van der Waals surface area contributed by atoms with Gasteiger partial charge in [0, 0.05) is 24.1 Å². The number of thiol groups is 1. The van der Waals surface area contributed by atoms with E-state index >= 15 is 0 Å². The van der Waals surface area contributed by atoms with Gasteiger partial charge in [0.15, 0.2) is 0 Å². The van der Waals surface area contributed by atoms with Crippen molar-refractivity contribution in [2.45, 2.75) is 57.3 Å². The number of hydrogen-bond donors (Lipinski definition) is 7. The molecule has 33 heavy (non-hydrogen) atoms. The number of carboxylic acid groups (broad SMARTS) is 1. The van der Waals surface area contributed by atoms with E-state index in [0.717, 1.165) is 0 Å². The summed E-state index contributed by atoms with van der Waals surface area (Å²) in [6.45, 7) is 3.80. The number of hydrogen-bond acceptors (Lipinski definition) is 8. The molecule has 0 aliphatic carbocycles. The first-order chi connectivity index (χ1) is 15.6. The Morgan fingerprint density at radius 3 is 2.24 bits per heavy atom. The lowest BCUT2D eigenvalue weighted by atomic mass is 10.0. The number of carboxylic acids is 1. The topological polar surface area (TPSA) is 179 Å². The second-order valence-electron chi connectivity index (χ2n) is 8.00. The monoisotopic (exact) mass is 502 g/mol. The number of nitrogens with two attached hydrogens (primary N) is 1. The highest BCUT2D eigenvalue weighted by atomic mass is 32.2. The van der Waals surface area contributed by atoms with Crippen LogP contribution < -0.4 is 21.7 Å². The van der Waals surface area contributed by atoms with Crippen LogP contribution in [-0.4, -0.2) is 80.7 Å². The third kappa shape index (κ3) is 10.5. The molecule has 1 heterocycles. The van der Waals surface area contributed by atoms with Crippen LogP contribution in [0.5, 0.6) is 0 Å². The van der Waals surface area contributed by atoms with Crippen molar-refractivity contribution < 1.29 is 24.3 Å². The molecular weight excluding hydrogens is 468 g/mol. The van der Waals surface area contributed by atoms with Crippen LogP contribution in [0.3, 0.4) is 0 Å². The van der Waals surface area contributed by atoms with Crippen molar-refractivity contribution in [2.24, 2.45) is 11.7 Å². The lowest BCUT2D eigenvalue weighted by Crippen LogP contribution is -2.58. The summed E-state index contributed by atoms with van der Waals surface area (Å²) in [4.78, 5) is 56.4. The number of thioether (sulfide) groups is 1. The summed E-state index contributed by atoms with van der Waals surface area (Å²) in [5.41, 5.74) is 6.49. The van der Waals surface area contributed by atoms with Gasteiger partial charge in [-0.25, -0.2) is 9.78 Å². The minimum Gasteiger partial charge on any atom is -0.480 e. The van der Waals surface area contributed by atoms with E-state index in [0.29, 0.717) is 24.3 Å². The molecule has 0 aliphatic heterocycles. The maximum Gasteiger partial charge on any atom is 0.327 e. The second-order valence-corrected chi connectivity index (χ2v) is 9.35. The Kier molecular flexibility index (Phi) is 12.9. The van der Waals surface area contributed by atoms with Gasteiger partial charge in [0.1, 0.15) is 18.1 Å². The molecule has 0 bridgehead atoms. The molecule has 1 rings (SSSR count). The van der Waals surface area contributed by atoms with Crippen molar-refractivity contribution >= 4 is 48.1 Å². The Bertz CT molecular complexity index is 777. The normalized spacial score (nSPS) is 14.7. The molecular formula is C20H34N6O5S2. The van der Waals surface area contributed by atoms with Gasteiger partial charge in [0.2, 0.25) is 17.7 Å². The van der Waals surface area contributed by atoms with E-state index in [-0.39, 0.29) is 18.1 Å². The minimum absolute atomic E-state index is 0.0477. The Morgan fingerprint density at radius 2 is 1.73 bits per heavy atom. The Labute approximate surface area is 203 Å². The van der Waals surface area contributed by atoms with Crippen LogP contribution in [-0.2, 0) is 25.6 Å². The van der Waals surface area contributed by atoms with E-state index in [1.807, 2.05) is 20.1 Å². The number of imidazole rings is 1. The van der Waals surface area contributed by atoms with Crippen LogP contribution >= 0.6 is 24.4 Å². The quantitative estimate of drug-likeness (QED) is 0.158. The zero-order valence-corrected chi connectivity index (χ0v) is 20.7.